The number of hydrogen-bond acceptors (Lipinski definition) is 5. The molecule has 0 aliphatic heterocycles. The van der Waals surface area contributed by atoms with E-state index >= 15 is 0 Å². The first-order valence-corrected chi connectivity index (χ1v) is 32.8. The van der Waals surface area contributed by atoms with Crippen molar-refractivity contribution in [3.63, 3.8) is 0 Å². The molecule has 0 fully saturated rings. The van der Waals surface area contributed by atoms with E-state index in [4.69, 9.17) is 9.47 Å². The maximum absolute atomic E-state index is 12.3. The Bertz CT molecular complexity index is 1430. The monoisotopic (exact) mass is 1060 g/mol. The second kappa shape index (κ2) is 66.1. The third-order valence-electron chi connectivity index (χ3n) is 14.4. The highest BCUT2D eigenvalue weighted by molar-refractivity contribution is 5.70. The number of carbonyl (C=O) groups excluding carboxylic acids is 2. The van der Waals surface area contributed by atoms with E-state index in [1.165, 1.54) is 205 Å². The Morgan fingerprint density at radius 1 is 0.316 bits per heavy atom. The van der Waals surface area contributed by atoms with Gasteiger partial charge in [0.05, 0.1) is 6.61 Å². The third kappa shape index (κ3) is 63.4. The third-order valence-corrected chi connectivity index (χ3v) is 14.4. The molecule has 0 aromatic heterocycles. The molecular formula is C71H124O5. The zero-order valence-electron chi connectivity index (χ0n) is 50.3. The zero-order valence-corrected chi connectivity index (χ0v) is 50.3. The highest BCUT2D eigenvalue weighted by atomic mass is 16.6. The minimum Gasteiger partial charge on any atom is -0.462 e. The van der Waals surface area contributed by atoms with Gasteiger partial charge in [-0.2, -0.15) is 0 Å². The molecule has 5 nitrogen and oxygen atoms in total. The van der Waals surface area contributed by atoms with Crippen molar-refractivity contribution in [1.82, 2.24) is 0 Å². The van der Waals surface area contributed by atoms with E-state index in [9.17, 15) is 14.7 Å². The fourth-order valence-electron chi connectivity index (χ4n) is 9.47. The summed E-state index contributed by atoms with van der Waals surface area (Å²) in [5, 5.41) is 9.68. The second-order valence-electron chi connectivity index (χ2n) is 21.8. The molecule has 0 bridgehead atoms. The molecular weight excluding hydrogens is 933 g/mol. The Morgan fingerprint density at radius 2 is 0.566 bits per heavy atom. The number of hydrogen-bond donors (Lipinski definition) is 1. The summed E-state index contributed by atoms with van der Waals surface area (Å²) in [5.74, 6) is -0.595. The molecule has 1 N–H and O–H groups in total. The molecule has 0 aromatic rings. The summed E-state index contributed by atoms with van der Waals surface area (Å²) in [6.45, 7) is 4.03. The number of aliphatic hydroxyl groups is 1. The minimum absolute atomic E-state index is 0.0717. The van der Waals surface area contributed by atoms with Gasteiger partial charge in [0.2, 0.25) is 0 Å². The maximum atomic E-state index is 12.3. The molecule has 1 atom stereocenters. The van der Waals surface area contributed by atoms with E-state index in [1.54, 1.807) is 0 Å². The SMILES string of the molecule is CC/C=C\C/C=C\C/C=C\C/C=C\C/C=C\CCCCCCCCCC(=O)OC(CO)COC(=O)CCCCCCCCCCCCCCCCCCCCCCCCCC/C=C\C/C=C\C/C=C\CCCCCCC. The molecule has 0 saturated carbocycles. The smallest absolute Gasteiger partial charge is 0.306 e. The van der Waals surface area contributed by atoms with Gasteiger partial charge in [0.25, 0.3) is 0 Å². The van der Waals surface area contributed by atoms with Crippen LogP contribution in [0.4, 0.5) is 0 Å². The van der Waals surface area contributed by atoms with Crippen LogP contribution in [0.3, 0.4) is 0 Å². The van der Waals surface area contributed by atoms with E-state index in [0.29, 0.717) is 12.8 Å². The van der Waals surface area contributed by atoms with Crippen LogP contribution >= 0.6 is 0 Å². The standard InChI is InChI=1S/C71H124O5/c1-3-5-7-9-11-13-15-17-19-21-23-25-27-28-29-30-31-32-33-34-35-36-37-38-39-40-41-42-44-45-47-49-51-53-55-57-59-61-63-65-70(73)75-68-69(67-72)76-71(74)66-64-62-60-58-56-54-52-50-48-46-43-26-24-22-20-18-16-14-12-10-8-6-4-2/h6,8,12,14-15,17-18,20-21,23-24,26-28,46,48,69,72H,3-5,7,9-11,13,16,19,22,25,29-45,47,49-68H2,1-2H3/b8-6-,14-12-,17-15-,20-18-,23-21-,26-24-,28-27-,48-46-. The Kier molecular flexibility index (Phi) is 63.3. The lowest BCUT2D eigenvalue weighted by atomic mass is 10.0. The molecule has 0 rings (SSSR count). The largest absolute Gasteiger partial charge is 0.462 e. The fraction of sp³-hybridized carbons (Fsp3) is 0.746. The fourth-order valence-corrected chi connectivity index (χ4v) is 9.47. The van der Waals surface area contributed by atoms with Gasteiger partial charge in [-0.05, 0) is 96.3 Å². The predicted octanol–water partition coefficient (Wildman–Crippen LogP) is 22.6. The summed E-state index contributed by atoms with van der Waals surface area (Å²) in [4.78, 5) is 24.6. The van der Waals surface area contributed by atoms with Gasteiger partial charge in [0.1, 0.15) is 6.61 Å². The van der Waals surface area contributed by atoms with Gasteiger partial charge in [-0.25, -0.2) is 0 Å². The molecule has 0 aromatic carbocycles. The molecule has 76 heavy (non-hydrogen) atoms. The van der Waals surface area contributed by atoms with Crippen LogP contribution < -0.4 is 0 Å². The van der Waals surface area contributed by atoms with Crippen molar-refractivity contribution in [3.05, 3.63) is 97.2 Å². The predicted molar refractivity (Wildman–Crippen MR) is 334 cm³/mol. The van der Waals surface area contributed by atoms with Crippen molar-refractivity contribution in [2.45, 2.75) is 328 Å². The van der Waals surface area contributed by atoms with Crippen LogP contribution in [0.2, 0.25) is 0 Å². The zero-order chi connectivity index (χ0) is 54.8. The quantitative estimate of drug-likeness (QED) is 0.0373. The molecule has 438 valence electrons. The first-order chi connectivity index (χ1) is 37.6. The van der Waals surface area contributed by atoms with Gasteiger partial charge in [-0.3, -0.25) is 9.59 Å². The number of carbonyl (C=O) groups is 2. The van der Waals surface area contributed by atoms with Crippen molar-refractivity contribution in [3.8, 4) is 0 Å². The molecule has 1 unspecified atom stereocenters. The van der Waals surface area contributed by atoms with Crippen molar-refractivity contribution >= 4 is 11.9 Å². The van der Waals surface area contributed by atoms with E-state index in [-0.39, 0.29) is 25.2 Å². The highest BCUT2D eigenvalue weighted by Crippen LogP contribution is 2.17. The van der Waals surface area contributed by atoms with Gasteiger partial charge in [0, 0.05) is 12.8 Å². The van der Waals surface area contributed by atoms with Crippen molar-refractivity contribution in [1.29, 1.82) is 0 Å². The number of aliphatic hydroxyl groups excluding tert-OH is 1. The average Bonchev–Trinajstić information content (AvgIpc) is 3.42. The van der Waals surface area contributed by atoms with Crippen molar-refractivity contribution < 1.29 is 24.2 Å². The summed E-state index contributed by atoms with van der Waals surface area (Å²) < 4.78 is 10.7. The Balaban J connectivity index is 3.44. The average molecular weight is 1060 g/mol. The molecule has 5 heteroatoms. The van der Waals surface area contributed by atoms with Gasteiger partial charge in [-0.1, -0.05) is 310 Å². The van der Waals surface area contributed by atoms with Gasteiger partial charge in [0.15, 0.2) is 6.10 Å². The van der Waals surface area contributed by atoms with Crippen LogP contribution in [0.1, 0.15) is 322 Å². The lowest BCUT2D eigenvalue weighted by Crippen LogP contribution is -2.28. The van der Waals surface area contributed by atoms with Crippen LogP contribution in [0.15, 0.2) is 97.2 Å². The molecule has 0 heterocycles. The molecule has 0 aliphatic rings. The first kappa shape index (κ1) is 72.8. The Hall–Kier alpha value is -3.18. The highest BCUT2D eigenvalue weighted by Gasteiger charge is 2.16. The summed E-state index contributed by atoms with van der Waals surface area (Å²) >= 11 is 0. The molecule has 0 spiro atoms. The Labute approximate surface area is 472 Å². The van der Waals surface area contributed by atoms with Crippen molar-refractivity contribution in [2.24, 2.45) is 0 Å². The topological polar surface area (TPSA) is 72.8 Å². The van der Waals surface area contributed by atoms with Gasteiger partial charge >= 0.3 is 11.9 Å². The number of ether oxygens (including phenoxy) is 2. The summed E-state index contributed by atoms with van der Waals surface area (Å²) in [6.07, 6.45) is 94.2. The lowest BCUT2D eigenvalue weighted by Gasteiger charge is -2.15. The van der Waals surface area contributed by atoms with Crippen molar-refractivity contribution in [2.75, 3.05) is 13.2 Å². The van der Waals surface area contributed by atoms with Gasteiger partial charge < -0.3 is 14.6 Å². The molecule has 0 amide bonds. The lowest BCUT2D eigenvalue weighted by molar-refractivity contribution is -0.161. The number of rotatable bonds is 60. The van der Waals surface area contributed by atoms with E-state index in [1.807, 2.05) is 0 Å². The molecule has 0 saturated heterocycles. The van der Waals surface area contributed by atoms with Crippen LogP contribution in [0.5, 0.6) is 0 Å². The minimum atomic E-state index is -0.783. The van der Waals surface area contributed by atoms with Crippen LogP contribution in [0.25, 0.3) is 0 Å². The molecule has 0 aliphatic carbocycles. The maximum Gasteiger partial charge on any atom is 0.306 e. The van der Waals surface area contributed by atoms with Gasteiger partial charge in [-0.15, -0.1) is 0 Å². The second-order valence-corrected chi connectivity index (χ2v) is 21.8. The van der Waals surface area contributed by atoms with E-state index in [2.05, 4.69) is 111 Å². The van der Waals surface area contributed by atoms with Crippen LogP contribution in [-0.2, 0) is 19.1 Å². The first-order valence-electron chi connectivity index (χ1n) is 32.8. The van der Waals surface area contributed by atoms with Crippen LogP contribution in [0, 0.1) is 0 Å². The number of esters is 2. The van der Waals surface area contributed by atoms with E-state index in [0.717, 1.165) is 89.9 Å². The normalized spacial score (nSPS) is 12.8. The Morgan fingerprint density at radius 3 is 0.855 bits per heavy atom. The summed E-state index contributed by atoms with van der Waals surface area (Å²) in [7, 11) is 0. The number of unbranched alkanes of at least 4 members (excludes halogenated alkanes) is 36. The van der Waals surface area contributed by atoms with E-state index < -0.39 is 6.10 Å². The summed E-state index contributed by atoms with van der Waals surface area (Å²) in [6, 6.07) is 0. The number of allylic oxidation sites excluding steroid dienone is 16. The summed E-state index contributed by atoms with van der Waals surface area (Å²) in [5.41, 5.74) is 0. The molecule has 0 radical (unpaired) electrons. The van der Waals surface area contributed by atoms with Crippen LogP contribution in [-0.4, -0.2) is 36.4 Å².